The number of nitrogens with one attached hydrogen (secondary N) is 1. The minimum Gasteiger partial charge on any atom is -0.442 e. The van der Waals surface area contributed by atoms with Crippen LogP contribution in [0.1, 0.15) is 12.5 Å². The molecule has 0 spiro atoms. The lowest BCUT2D eigenvalue weighted by Crippen LogP contribution is -2.48. The van der Waals surface area contributed by atoms with E-state index in [1.54, 1.807) is 24.0 Å². The van der Waals surface area contributed by atoms with Crippen LogP contribution in [-0.2, 0) is 9.53 Å². The molecule has 0 saturated carbocycles. The van der Waals surface area contributed by atoms with Gasteiger partial charge in [0, 0.05) is 32.3 Å². The van der Waals surface area contributed by atoms with E-state index in [1.165, 1.54) is 29.2 Å². The summed E-state index contributed by atoms with van der Waals surface area (Å²) in [5, 5.41) is 2.96. The Bertz CT molecular complexity index is 1200. The summed E-state index contributed by atoms with van der Waals surface area (Å²) in [5.74, 6) is -2.68. The molecule has 2 saturated heterocycles. The Morgan fingerprint density at radius 3 is 2.50 bits per heavy atom. The summed E-state index contributed by atoms with van der Waals surface area (Å²) in [6.45, 7) is 3.97. The molecule has 0 bridgehead atoms. The monoisotopic (exact) mass is 518 g/mol. The summed E-state index contributed by atoms with van der Waals surface area (Å²) >= 11 is 4.97. The molecule has 2 aromatic carbocycles. The maximum Gasteiger partial charge on any atom is 0.414 e. The molecule has 11 heteroatoms. The second kappa shape index (κ2) is 11.0. The lowest BCUT2D eigenvalue weighted by Gasteiger charge is -2.36. The zero-order valence-corrected chi connectivity index (χ0v) is 20.4. The number of carbonyl (C=O) groups excluding carboxylic acids is 2. The number of rotatable bonds is 6. The van der Waals surface area contributed by atoms with E-state index in [0.717, 1.165) is 12.1 Å². The van der Waals surface area contributed by atoms with Gasteiger partial charge in [-0.1, -0.05) is 18.3 Å². The minimum absolute atomic E-state index is 0.268. The van der Waals surface area contributed by atoms with Gasteiger partial charge in [0.05, 0.1) is 29.5 Å². The summed E-state index contributed by atoms with van der Waals surface area (Å²) in [6.07, 6.45) is 1.80. The molecule has 2 amide bonds. The van der Waals surface area contributed by atoms with Crippen LogP contribution < -0.4 is 15.1 Å². The molecule has 7 nitrogen and oxygen atoms in total. The second-order valence-electron chi connectivity index (χ2n) is 8.51. The third kappa shape index (κ3) is 5.96. The molecule has 0 aromatic heterocycles. The lowest BCUT2D eigenvalue weighted by atomic mass is 10.2. The fourth-order valence-corrected chi connectivity index (χ4v) is 4.16. The molecule has 2 aromatic rings. The van der Waals surface area contributed by atoms with Crippen LogP contribution in [0.25, 0.3) is 6.08 Å². The van der Waals surface area contributed by atoms with E-state index in [-0.39, 0.29) is 18.6 Å². The molecular weight excluding hydrogens is 493 g/mol. The highest BCUT2D eigenvalue weighted by Crippen LogP contribution is 2.28. The topological polar surface area (TPSA) is 65.1 Å². The second-order valence-corrected chi connectivity index (χ2v) is 9.12. The van der Waals surface area contributed by atoms with E-state index < -0.39 is 23.5 Å². The van der Waals surface area contributed by atoms with Crippen molar-refractivity contribution in [2.45, 2.75) is 13.0 Å². The molecule has 2 aliphatic rings. The SMILES string of the molecule is CC(=S)NC[C@H]1CN(c2ccc(N3CCN(C(=O)C=Cc4ccc(F)c(F)c4)CC3)c(F)c2)C(=O)O1. The smallest absolute Gasteiger partial charge is 0.414 e. The van der Waals surface area contributed by atoms with Crippen molar-refractivity contribution in [1.82, 2.24) is 10.2 Å². The quantitative estimate of drug-likeness (QED) is 0.465. The van der Waals surface area contributed by atoms with Crippen LogP contribution in [0.4, 0.5) is 29.3 Å². The van der Waals surface area contributed by atoms with E-state index in [4.69, 9.17) is 17.0 Å². The summed E-state index contributed by atoms with van der Waals surface area (Å²) in [7, 11) is 0. The van der Waals surface area contributed by atoms with Gasteiger partial charge in [0.2, 0.25) is 5.91 Å². The first-order chi connectivity index (χ1) is 17.2. The number of hydrogen-bond acceptors (Lipinski definition) is 5. The van der Waals surface area contributed by atoms with E-state index in [0.29, 0.717) is 54.7 Å². The highest BCUT2D eigenvalue weighted by molar-refractivity contribution is 7.80. The van der Waals surface area contributed by atoms with E-state index >= 15 is 0 Å². The van der Waals surface area contributed by atoms with Crippen molar-refractivity contribution in [1.29, 1.82) is 0 Å². The molecular formula is C25H25F3N4O3S. The van der Waals surface area contributed by atoms with Gasteiger partial charge in [0.25, 0.3) is 0 Å². The van der Waals surface area contributed by atoms with Gasteiger partial charge < -0.3 is 19.9 Å². The predicted octanol–water partition coefficient (Wildman–Crippen LogP) is 3.73. The first-order valence-electron chi connectivity index (χ1n) is 11.4. The van der Waals surface area contributed by atoms with Crippen LogP contribution in [0.5, 0.6) is 0 Å². The van der Waals surface area contributed by atoms with Crippen LogP contribution in [0.2, 0.25) is 0 Å². The number of benzene rings is 2. The number of amides is 2. The van der Waals surface area contributed by atoms with Crippen molar-refractivity contribution in [3.05, 3.63) is 65.5 Å². The van der Waals surface area contributed by atoms with E-state index in [2.05, 4.69) is 5.32 Å². The first-order valence-corrected chi connectivity index (χ1v) is 11.8. The summed E-state index contributed by atoms with van der Waals surface area (Å²) in [4.78, 5) is 30.1. The highest BCUT2D eigenvalue weighted by atomic mass is 32.1. The average Bonchev–Trinajstić information content (AvgIpc) is 3.23. The fourth-order valence-electron chi connectivity index (χ4n) is 4.07. The largest absolute Gasteiger partial charge is 0.442 e. The Kier molecular flexibility index (Phi) is 7.78. The maximum absolute atomic E-state index is 15.0. The predicted molar refractivity (Wildman–Crippen MR) is 134 cm³/mol. The fraction of sp³-hybridized carbons (Fsp3) is 0.320. The van der Waals surface area contributed by atoms with Crippen molar-refractivity contribution < 1.29 is 27.5 Å². The molecule has 0 radical (unpaired) electrons. The lowest BCUT2D eigenvalue weighted by molar-refractivity contribution is -0.126. The first kappa shape index (κ1) is 25.5. The van der Waals surface area contributed by atoms with Crippen LogP contribution in [0.15, 0.2) is 42.5 Å². The summed E-state index contributed by atoms with van der Waals surface area (Å²) in [5.41, 5.74) is 1.16. The van der Waals surface area contributed by atoms with Crippen molar-refractivity contribution >= 4 is 46.7 Å². The van der Waals surface area contributed by atoms with Crippen LogP contribution >= 0.6 is 12.2 Å². The number of nitrogens with zero attached hydrogens (tertiary/aromatic N) is 3. The van der Waals surface area contributed by atoms with Crippen molar-refractivity contribution in [3.8, 4) is 0 Å². The van der Waals surface area contributed by atoms with Gasteiger partial charge in [-0.25, -0.2) is 18.0 Å². The number of piperazine rings is 1. The number of carbonyl (C=O) groups is 2. The molecule has 4 rings (SSSR count). The van der Waals surface area contributed by atoms with Gasteiger partial charge in [-0.3, -0.25) is 9.69 Å². The van der Waals surface area contributed by atoms with E-state index in [9.17, 15) is 22.8 Å². The summed E-state index contributed by atoms with van der Waals surface area (Å²) < 4.78 is 46.7. The van der Waals surface area contributed by atoms with Gasteiger partial charge >= 0.3 is 6.09 Å². The van der Waals surface area contributed by atoms with E-state index in [1.807, 2.05) is 4.90 Å². The molecule has 2 fully saturated rings. The Balaban J connectivity index is 1.33. The van der Waals surface area contributed by atoms with Crippen molar-refractivity contribution in [2.24, 2.45) is 0 Å². The molecule has 1 N–H and O–H groups in total. The Labute approximate surface area is 212 Å². The number of cyclic esters (lactones) is 1. The number of thiocarbonyl (C=S) groups is 1. The zero-order chi connectivity index (χ0) is 25.8. The Morgan fingerprint density at radius 2 is 1.83 bits per heavy atom. The number of ether oxygens (including phenoxy) is 1. The Morgan fingerprint density at radius 1 is 1.08 bits per heavy atom. The number of halogens is 3. The van der Waals surface area contributed by atoms with Gasteiger partial charge in [-0.15, -0.1) is 0 Å². The minimum atomic E-state index is -0.981. The number of anilines is 2. The molecule has 1 atom stereocenters. The Hall–Kier alpha value is -3.60. The average molecular weight is 519 g/mol. The third-order valence-electron chi connectivity index (χ3n) is 5.99. The maximum atomic E-state index is 15.0. The number of hydrogen-bond donors (Lipinski definition) is 1. The van der Waals surface area contributed by atoms with Crippen LogP contribution in [0, 0.1) is 17.5 Å². The van der Waals surface area contributed by atoms with Crippen molar-refractivity contribution in [2.75, 3.05) is 49.1 Å². The zero-order valence-electron chi connectivity index (χ0n) is 19.5. The third-order valence-corrected chi connectivity index (χ3v) is 6.13. The van der Waals surface area contributed by atoms with Gasteiger partial charge in [0.15, 0.2) is 11.6 Å². The molecule has 0 aliphatic carbocycles. The van der Waals surface area contributed by atoms with Gasteiger partial charge in [-0.2, -0.15) is 0 Å². The van der Waals surface area contributed by atoms with Gasteiger partial charge in [-0.05, 0) is 48.9 Å². The molecule has 190 valence electrons. The standard InChI is InChI=1S/C25H25F3N4O3S/c1-16(36)29-14-19-15-32(25(34)35-19)18-4-6-23(22(28)13-18)30-8-10-31(11-9-30)24(33)7-3-17-2-5-20(26)21(27)12-17/h2-7,12-13,19H,8-11,14-15H2,1H3,(H,29,36)/t19-/m0/s1. The molecule has 2 heterocycles. The van der Waals surface area contributed by atoms with Crippen molar-refractivity contribution in [3.63, 3.8) is 0 Å². The molecule has 2 aliphatic heterocycles. The molecule has 0 unspecified atom stereocenters. The van der Waals surface area contributed by atoms with Gasteiger partial charge in [0.1, 0.15) is 11.9 Å². The summed E-state index contributed by atoms with van der Waals surface area (Å²) in [6, 6.07) is 7.99. The van der Waals surface area contributed by atoms with Crippen LogP contribution in [0.3, 0.4) is 0 Å². The molecule has 36 heavy (non-hydrogen) atoms. The normalized spacial score (nSPS) is 18.1. The highest BCUT2D eigenvalue weighted by Gasteiger charge is 2.33. The van der Waals surface area contributed by atoms with Crippen LogP contribution in [-0.4, -0.2) is 67.3 Å².